The number of carbonyl (C=O) groups excluding carboxylic acids is 1. The molecule has 2 aromatic rings. The van der Waals surface area contributed by atoms with Crippen molar-refractivity contribution in [2.75, 3.05) is 18.9 Å². The number of fused-ring (bicyclic) bond motifs is 2. The molecule has 1 amide bonds. The molecular formula is C14H16BrN5O2. The average Bonchev–Trinajstić information content (AvgIpc) is 3.02. The summed E-state index contributed by atoms with van der Waals surface area (Å²) in [5, 5.41) is 0. The highest BCUT2D eigenvalue weighted by Gasteiger charge is 2.46. The number of carbonyl (C=O) groups is 1. The van der Waals surface area contributed by atoms with Crippen LogP contribution in [0.2, 0.25) is 0 Å². The zero-order valence-electron chi connectivity index (χ0n) is 12.1. The van der Waals surface area contributed by atoms with E-state index in [1.807, 2.05) is 15.5 Å². The molecule has 2 N–H and O–H groups in total. The van der Waals surface area contributed by atoms with Gasteiger partial charge in [0, 0.05) is 24.4 Å². The van der Waals surface area contributed by atoms with E-state index >= 15 is 0 Å². The number of piperidine rings is 1. The smallest absolute Gasteiger partial charge is 0.410 e. The van der Waals surface area contributed by atoms with Crippen molar-refractivity contribution in [1.29, 1.82) is 0 Å². The third-order valence-electron chi connectivity index (χ3n) is 4.70. The molecule has 4 rings (SSSR count). The fourth-order valence-corrected chi connectivity index (χ4v) is 4.05. The summed E-state index contributed by atoms with van der Waals surface area (Å²) in [6, 6.07) is 0.196. The zero-order valence-corrected chi connectivity index (χ0v) is 13.7. The van der Waals surface area contributed by atoms with Crippen LogP contribution in [-0.4, -0.2) is 44.6 Å². The predicted octanol–water partition coefficient (Wildman–Crippen LogP) is 1.95. The lowest BCUT2D eigenvalue weighted by Gasteiger charge is -2.39. The molecule has 22 heavy (non-hydrogen) atoms. The van der Waals surface area contributed by atoms with Gasteiger partial charge in [-0.15, -0.1) is 0 Å². The first-order valence-corrected chi connectivity index (χ1v) is 8.01. The quantitative estimate of drug-likeness (QED) is 0.834. The maximum absolute atomic E-state index is 11.9. The minimum Gasteiger partial charge on any atom is -0.447 e. The minimum atomic E-state index is -0.247. The molecule has 2 fully saturated rings. The summed E-state index contributed by atoms with van der Waals surface area (Å²) in [6.45, 7) is 3.23. The first-order chi connectivity index (χ1) is 10.5. The molecular weight excluding hydrogens is 350 g/mol. The van der Waals surface area contributed by atoms with E-state index in [9.17, 15) is 4.79 Å². The first kappa shape index (κ1) is 13.8. The summed E-state index contributed by atoms with van der Waals surface area (Å²) in [6.07, 6.45) is 5.16. The molecule has 2 aliphatic heterocycles. The standard InChI is InChI=1S/C14H16BrN5O2/c1-14(3-2-8-6-22-13(21)20(8)7-14)12-18-10(15)9-11(16)17-4-5-19(9)12/h4-5,8H,2-3,6-7H2,1H3,(H2,16,17)/t8-,14-/m1/s1. The van der Waals surface area contributed by atoms with Gasteiger partial charge in [-0.05, 0) is 28.8 Å². The van der Waals surface area contributed by atoms with Crippen molar-refractivity contribution in [3.05, 3.63) is 22.8 Å². The predicted molar refractivity (Wildman–Crippen MR) is 83.5 cm³/mol. The van der Waals surface area contributed by atoms with Crippen LogP contribution < -0.4 is 5.73 Å². The van der Waals surface area contributed by atoms with E-state index in [2.05, 4.69) is 32.8 Å². The second-order valence-corrected chi connectivity index (χ2v) is 6.97. The number of nitrogens with zero attached hydrogens (tertiary/aromatic N) is 4. The first-order valence-electron chi connectivity index (χ1n) is 7.21. The Kier molecular flexibility index (Phi) is 2.87. The number of nitrogen functional groups attached to an aromatic ring is 1. The average molecular weight is 366 g/mol. The highest BCUT2D eigenvalue weighted by Crippen LogP contribution is 2.39. The molecule has 116 valence electrons. The van der Waals surface area contributed by atoms with Crippen LogP contribution in [0.1, 0.15) is 25.6 Å². The van der Waals surface area contributed by atoms with E-state index in [-0.39, 0.29) is 17.6 Å². The molecule has 0 aliphatic carbocycles. The number of cyclic esters (lactones) is 1. The summed E-state index contributed by atoms with van der Waals surface area (Å²) >= 11 is 3.47. The zero-order chi connectivity index (χ0) is 15.5. The Labute approximate surface area is 135 Å². The van der Waals surface area contributed by atoms with Gasteiger partial charge < -0.3 is 15.4 Å². The molecule has 2 atom stereocenters. The largest absolute Gasteiger partial charge is 0.447 e. The molecule has 0 radical (unpaired) electrons. The molecule has 2 saturated heterocycles. The van der Waals surface area contributed by atoms with Crippen LogP contribution >= 0.6 is 15.9 Å². The van der Waals surface area contributed by atoms with Crippen LogP contribution in [-0.2, 0) is 10.2 Å². The van der Waals surface area contributed by atoms with E-state index in [1.165, 1.54) is 0 Å². The highest BCUT2D eigenvalue weighted by molar-refractivity contribution is 9.10. The van der Waals surface area contributed by atoms with Gasteiger partial charge >= 0.3 is 6.09 Å². The number of anilines is 1. The number of aromatic nitrogens is 3. The number of rotatable bonds is 1. The summed E-state index contributed by atoms with van der Waals surface area (Å²) in [5.74, 6) is 1.33. The Bertz CT molecular complexity index is 776. The Hall–Kier alpha value is -1.83. The monoisotopic (exact) mass is 365 g/mol. The lowest BCUT2D eigenvalue weighted by atomic mass is 9.79. The summed E-state index contributed by atoms with van der Waals surface area (Å²) in [4.78, 5) is 22.5. The number of halogens is 1. The van der Waals surface area contributed by atoms with Gasteiger partial charge in [0.1, 0.15) is 22.6 Å². The molecule has 0 bridgehead atoms. The van der Waals surface area contributed by atoms with Gasteiger partial charge in [-0.25, -0.2) is 14.8 Å². The van der Waals surface area contributed by atoms with Crippen molar-refractivity contribution in [2.24, 2.45) is 0 Å². The molecule has 4 heterocycles. The van der Waals surface area contributed by atoms with Crippen LogP contribution in [0.5, 0.6) is 0 Å². The Morgan fingerprint density at radius 1 is 1.55 bits per heavy atom. The molecule has 2 aliphatic rings. The van der Waals surface area contributed by atoms with Gasteiger partial charge in [0.05, 0.1) is 6.04 Å². The SMILES string of the molecule is C[C@@]1(c2nc(Br)c3c(N)nccn23)CC[C@@H]2COC(=O)N2C1. The van der Waals surface area contributed by atoms with Crippen molar-refractivity contribution < 1.29 is 9.53 Å². The van der Waals surface area contributed by atoms with Crippen LogP contribution in [0.3, 0.4) is 0 Å². The van der Waals surface area contributed by atoms with Gasteiger partial charge in [0.15, 0.2) is 5.82 Å². The van der Waals surface area contributed by atoms with Crippen LogP contribution in [0.15, 0.2) is 17.0 Å². The van der Waals surface area contributed by atoms with E-state index in [4.69, 9.17) is 10.5 Å². The normalized spacial score (nSPS) is 28.0. The van der Waals surface area contributed by atoms with Gasteiger partial charge in [0.2, 0.25) is 0 Å². The topological polar surface area (TPSA) is 85.7 Å². The number of imidazole rings is 1. The molecule has 0 unspecified atom stereocenters. The van der Waals surface area contributed by atoms with Crippen molar-refractivity contribution in [3.8, 4) is 0 Å². The van der Waals surface area contributed by atoms with Crippen molar-refractivity contribution in [1.82, 2.24) is 19.3 Å². The number of ether oxygens (including phenoxy) is 1. The lowest BCUT2D eigenvalue weighted by molar-refractivity contribution is 0.131. The Balaban J connectivity index is 1.81. The number of amides is 1. The van der Waals surface area contributed by atoms with E-state index in [0.717, 1.165) is 24.2 Å². The van der Waals surface area contributed by atoms with Crippen molar-refractivity contribution in [2.45, 2.75) is 31.2 Å². The summed E-state index contributed by atoms with van der Waals surface area (Å²) in [7, 11) is 0. The van der Waals surface area contributed by atoms with Gasteiger partial charge in [-0.3, -0.25) is 4.40 Å². The van der Waals surface area contributed by atoms with E-state index in [1.54, 1.807) is 6.20 Å². The van der Waals surface area contributed by atoms with Crippen LogP contribution in [0, 0.1) is 0 Å². The van der Waals surface area contributed by atoms with Crippen molar-refractivity contribution >= 4 is 33.4 Å². The number of nitrogens with two attached hydrogens (primary N) is 1. The summed E-state index contributed by atoms with van der Waals surface area (Å²) in [5.41, 5.74) is 6.49. The lowest BCUT2D eigenvalue weighted by Crippen LogP contribution is -2.49. The second-order valence-electron chi connectivity index (χ2n) is 6.22. The molecule has 7 nitrogen and oxygen atoms in total. The Morgan fingerprint density at radius 3 is 3.18 bits per heavy atom. The number of hydrogen-bond acceptors (Lipinski definition) is 5. The van der Waals surface area contributed by atoms with Crippen LogP contribution in [0.4, 0.5) is 10.6 Å². The van der Waals surface area contributed by atoms with E-state index < -0.39 is 0 Å². The fraction of sp³-hybridized carbons (Fsp3) is 0.500. The highest BCUT2D eigenvalue weighted by atomic mass is 79.9. The van der Waals surface area contributed by atoms with Crippen molar-refractivity contribution in [3.63, 3.8) is 0 Å². The maximum atomic E-state index is 11.9. The number of hydrogen-bond donors (Lipinski definition) is 1. The van der Waals surface area contributed by atoms with Gasteiger partial charge in [-0.1, -0.05) is 6.92 Å². The molecule has 0 aromatic carbocycles. The maximum Gasteiger partial charge on any atom is 0.410 e. The second kappa shape index (κ2) is 4.58. The fourth-order valence-electron chi connectivity index (χ4n) is 3.49. The van der Waals surface area contributed by atoms with E-state index in [0.29, 0.717) is 23.6 Å². The summed E-state index contributed by atoms with van der Waals surface area (Å²) < 4.78 is 7.81. The third kappa shape index (κ3) is 1.83. The van der Waals surface area contributed by atoms with Gasteiger partial charge in [0.25, 0.3) is 0 Å². The Morgan fingerprint density at radius 2 is 2.36 bits per heavy atom. The third-order valence-corrected chi connectivity index (χ3v) is 5.26. The molecule has 8 heteroatoms. The molecule has 0 saturated carbocycles. The van der Waals surface area contributed by atoms with Gasteiger partial charge in [-0.2, -0.15) is 0 Å². The van der Waals surface area contributed by atoms with Crippen LogP contribution in [0.25, 0.3) is 5.52 Å². The molecule has 2 aromatic heterocycles. The molecule has 0 spiro atoms. The minimum absolute atomic E-state index is 0.196.